The predicted molar refractivity (Wildman–Crippen MR) is 121 cm³/mol. The van der Waals surface area contributed by atoms with E-state index in [0.717, 1.165) is 43.6 Å². The third-order valence-corrected chi connectivity index (χ3v) is 7.79. The van der Waals surface area contributed by atoms with Gasteiger partial charge in [0, 0.05) is 31.7 Å². The number of carbonyl (C=O) groups is 1. The maximum Gasteiger partial charge on any atom is 0.255 e. The number of rotatable bonds is 6. The van der Waals surface area contributed by atoms with Crippen LogP contribution >= 0.6 is 0 Å². The van der Waals surface area contributed by atoms with Crippen LogP contribution in [0.2, 0.25) is 0 Å². The quantitative estimate of drug-likeness (QED) is 0.742. The first kappa shape index (κ1) is 21.8. The molecule has 2 aliphatic heterocycles. The second-order valence-corrected chi connectivity index (χ2v) is 9.83. The number of benzene rings is 2. The van der Waals surface area contributed by atoms with E-state index in [2.05, 4.69) is 17.1 Å². The molecule has 2 saturated heterocycles. The topological polar surface area (TPSA) is 79.0 Å². The highest BCUT2D eigenvalue weighted by Gasteiger charge is 2.28. The molecule has 0 aromatic heterocycles. The Kier molecular flexibility index (Phi) is 6.60. The first-order chi connectivity index (χ1) is 15.0. The molecule has 8 heteroatoms. The predicted octanol–water partition coefficient (Wildman–Crippen LogP) is 3.12. The van der Waals surface area contributed by atoms with Crippen LogP contribution in [0.1, 0.15) is 35.7 Å². The zero-order valence-corrected chi connectivity index (χ0v) is 18.7. The SMILES string of the molecule is CCc1ccc(C(=O)Nc2cc(S(=O)(=O)N3CCOCC3)ccc2N2CCCC2)cc1. The van der Waals surface area contributed by atoms with Crippen molar-refractivity contribution in [1.29, 1.82) is 0 Å². The fourth-order valence-electron chi connectivity index (χ4n) is 4.03. The number of nitrogens with one attached hydrogen (secondary N) is 1. The largest absolute Gasteiger partial charge is 0.379 e. The molecule has 0 spiro atoms. The van der Waals surface area contributed by atoms with E-state index in [1.54, 1.807) is 24.3 Å². The van der Waals surface area contributed by atoms with Crippen molar-refractivity contribution in [2.24, 2.45) is 0 Å². The standard InChI is InChI=1S/C23H29N3O4S/c1-2-18-5-7-19(8-6-18)23(27)24-21-17-20(9-10-22(21)25-11-3-4-12-25)31(28,29)26-13-15-30-16-14-26/h5-10,17H,2-4,11-16H2,1H3,(H,24,27). The minimum Gasteiger partial charge on any atom is -0.379 e. The first-order valence-electron chi connectivity index (χ1n) is 10.9. The molecule has 0 atom stereocenters. The third kappa shape index (κ3) is 4.76. The van der Waals surface area contributed by atoms with Gasteiger partial charge in [0.15, 0.2) is 0 Å². The van der Waals surface area contributed by atoms with Gasteiger partial charge < -0.3 is 15.0 Å². The highest BCUT2D eigenvalue weighted by Crippen LogP contribution is 2.33. The minimum absolute atomic E-state index is 0.189. The van der Waals surface area contributed by atoms with Gasteiger partial charge in [-0.2, -0.15) is 4.31 Å². The normalized spacial score (nSPS) is 17.6. The molecular formula is C23H29N3O4S. The molecule has 166 valence electrons. The Balaban J connectivity index is 1.65. The van der Waals surface area contributed by atoms with Crippen molar-refractivity contribution in [3.8, 4) is 0 Å². The summed E-state index contributed by atoms with van der Waals surface area (Å²) in [5.74, 6) is -0.246. The van der Waals surface area contributed by atoms with Crippen LogP contribution in [0.25, 0.3) is 0 Å². The number of nitrogens with zero attached hydrogens (tertiary/aromatic N) is 2. The summed E-state index contributed by atoms with van der Waals surface area (Å²) in [6.07, 6.45) is 3.07. The fourth-order valence-corrected chi connectivity index (χ4v) is 5.47. The molecule has 0 aliphatic carbocycles. The average molecular weight is 444 g/mol. The van der Waals surface area contributed by atoms with Gasteiger partial charge in [0.25, 0.3) is 5.91 Å². The average Bonchev–Trinajstić information content (AvgIpc) is 3.34. The molecule has 2 aromatic rings. The van der Waals surface area contributed by atoms with Crippen LogP contribution in [0, 0.1) is 0 Å². The molecule has 2 fully saturated rings. The van der Waals surface area contributed by atoms with Crippen molar-refractivity contribution in [3.63, 3.8) is 0 Å². The Morgan fingerprint density at radius 1 is 1.00 bits per heavy atom. The molecule has 2 aliphatic rings. The molecule has 1 N–H and O–H groups in total. The van der Waals surface area contributed by atoms with Crippen LogP contribution in [0.4, 0.5) is 11.4 Å². The Hall–Kier alpha value is -2.42. The zero-order valence-electron chi connectivity index (χ0n) is 17.8. The van der Waals surface area contributed by atoms with E-state index in [0.29, 0.717) is 37.6 Å². The van der Waals surface area contributed by atoms with E-state index in [1.807, 2.05) is 18.2 Å². The molecule has 0 saturated carbocycles. The number of morpholine rings is 1. The lowest BCUT2D eigenvalue weighted by Crippen LogP contribution is -2.40. The molecule has 0 bridgehead atoms. The maximum atomic E-state index is 13.1. The lowest BCUT2D eigenvalue weighted by Gasteiger charge is -2.27. The monoisotopic (exact) mass is 443 g/mol. The van der Waals surface area contributed by atoms with Gasteiger partial charge in [0.2, 0.25) is 10.0 Å². The van der Waals surface area contributed by atoms with Crippen molar-refractivity contribution in [2.75, 3.05) is 49.6 Å². The van der Waals surface area contributed by atoms with Crippen molar-refractivity contribution in [3.05, 3.63) is 53.6 Å². The summed E-state index contributed by atoms with van der Waals surface area (Å²) in [5.41, 5.74) is 3.09. The van der Waals surface area contributed by atoms with E-state index in [-0.39, 0.29) is 10.8 Å². The number of hydrogen-bond acceptors (Lipinski definition) is 5. The molecule has 31 heavy (non-hydrogen) atoms. The number of ether oxygens (including phenoxy) is 1. The summed E-state index contributed by atoms with van der Waals surface area (Å²) >= 11 is 0. The lowest BCUT2D eigenvalue weighted by molar-refractivity contribution is 0.0730. The Bertz CT molecular complexity index is 1030. The molecule has 2 heterocycles. The highest BCUT2D eigenvalue weighted by atomic mass is 32.2. The molecule has 7 nitrogen and oxygen atoms in total. The highest BCUT2D eigenvalue weighted by molar-refractivity contribution is 7.89. The van der Waals surface area contributed by atoms with Gasteiger partial charge in [-0.1, -0.05) is 19.1 Å². The molecule has 0 radical (unpaired) electrons. The molecule has 1 amide bonds. The van der Waals surface area contributed by atoms with Crippen molar-refractivity contribution in [2.45, 2.75) is 31.1 Å². The zero-order chi connectivity index (χ0) is 21.8. The van der Waals surface area contributed by atoms with Gasteiger partial charge >= 0.3 is 0 Å². The van der Waals surface area contributed by atoms with Crippen LogP contribution in [0.5, 0.6) is 0 Å². The molecular weight excluding hydrogens is 414 g/mol. The van der Waals surface area contributed by atoms with Gasteiger partial charge in [-0.05, 0) is 55.2 Å². The Labute approximate surface area is 184 Å². The van der Waals surface area contributed by atoms with Gasteiger partial charge in [-0.15, -0.1) is 0 Å². The van der Waals surface area contributed by atoms with Crippen LogP contribution in [0.15, 0.2) is 47.4 Å². The Morgan fingerprint density at radius 2 is 1.68 bits per heavy atom. The van der Waals surface area contributed by atoms with Crippen LogP contribution in [0.3, 0.4) is 0 Å². The van der Waals surface area contributed by atoms with Crippen LogP contribution < -0.4 is 10.2 Å². The number of carbonyl (C=O) groups excluding carboxylic acids is 1. The summed E-state index contributed by atoms with van der Waals surface area (Å²) in [6, 6.07) is 12.5. The molecule has 4 rings (SSSR count). The molecule has 2 aromatic carbocycles. The number of aryl methyl sites for hydroxylation is 1. The fraction of sp³-hybridized carbons (Fsp3) is 0.435. The van der Waals surface area contributed by atoms with Gasteiger partial charge in [-0.3, -0.25) is 4.79 Å². The van der Waals surface area contributed by atoms with E-state index >= 15 is 0 Å². The third-order valence-electron chi connectivity index (χ3n) is 5.90. The van der Waals surface area contributed by atoms with Crippen LogP contribution in [-0.4, -0.2) is 58.0 Å². The summed E-state index contributed by atoms with van der Waals surface area (Å²) < 4.78 is 33.0. The minimum atomic E-state index is -3.65. The van der Waals surface area contributed by atoms with Crippen LogP contribution in [-0.2, 0) is 21.2 Å². The number of hydrogen-bond donors (Lipinski definition) is 1. The number of amides is 1. The van der Waals surface area contributed by atoms with Gasteiger partial charge in [-0.25, -0.2) is 8.42 Å². The van der Waals surface area contributed by atoms with Gasteiger partial charge in [0.1, 0.15) is 0 Å². The maximum absolute atomic E-state index is 13.1. The second-order valence-electron chi connectivity index (χ2n) is 7.89. The summed E-state index contributed by atoms with van der Waals surface area (Å²) in [6.45, 7) is 5.30. The summed E-state index contributed by atoms with van der Waals surface area (Å²) in [4.78, 5) is 15.3. The summed E-state index contributed by atoms with van der Waals surface area (Å²) in [5, 5.41) is 2.97. The van der Waals surface area contributed by atoms with E-state index in [1.165, 1.54) is 4.31 Å². The van der Waals surface area contributed by atoms with E-state index < -0.39 is 10.0 Å². The lowest BCUT2D eigenvalue weighted by atomic mass is 10.1. The summed E-state index contributed by atoms with van der Waals surface area (Å²) in [7, 11) is -3.65. The second kappa shape index (κ2) is 9.38. The Morgan fingerprint density at radius 3 is 2.32 bits per heavy atom. The van der Waals surface area contributed by atoms with Crippen molar-refractivity contribution < 1.29 is 17.9 Å². The van der Waals surface area contributed by atoms with Gasteiger partial charge in [0.05, 0.1) is 29.5 Å². The number of sulfonamides is 1. The first-order valence-corrected chi connectivity index (χ1v) is 12.3. The smallest absolute Gasteiger partial charge is 0.255 e. The van der Waals surface area contributed by atoms with E-state index in [4.69, 9.17) is 4.74 Å². The van der Waals surface area contributed by atoms with Crippen molar-refractivity contribution in [1.82, 2.24) is 4.31 Å². The van der Waals surface area contributed by atoms with E-state index in [9.17, 15) is 13.2 Å². The molecule has 0 unspecified atom stereocenters. The number of anilines is 2. The van der Waals surface area contributed by atoms with Crippen molar-refractivity contribution >= 4 is 27.3 Å².